The lowest BCUT2D eigenvalue weighted by molar-refractivity contribution is 0.629. The number of fused-ring (bicyclic) bond motifs is 5. The second-order valence-corrected chi connectivity index (χ2v) is 5.55. The Kier molecular flexibility index (Phi) is 1.97. The Morgan fingerprint density at radius 3 is 2.94 bits per heavy atom. The summed E-state index contributed by atoms with van der Waals surface area (Å²) in [7, 11) is 0. The third-order valence-corrected chi connectivity index (χ3v) is 4.47. The molecular weight excluding hydrogens is 223 g/mol. The number of hydrogen-bond acceptors (Lipinski definition) is 0. The summed E-state index contributed by atoms with van der Waals surface area (Å²) >= 11 is 0. The van der Waals surface area contributed by atoms with Crippen LogP contribution in [-0.4, -0.2) is 0 Å². The molecule has 1 saturated carbocycles. The molecule has 0 heterocycles. The molecule has 0 spiro atoms. The van der Waals surface area contributed by atoms with Gasteiger partial charge < -0.3 is 0 Å². The largest absolute Gasteiger partial charge is 0.207 e. The molecule has 1 unspecified atom stereocenters. The Labute approximate surface area is 106 Å². The fourth-order valence-corrected chi connectivity index (χ4v) is 3.71. The molecule has 1 fully saturated rings. The summed E-state index contributed by atoms with van der Waals surface area (Å²) in [5.74, 6) is 0.437. The van der Waals surface area contributed by atoms with Gasteiger partial charge in [0.15, 0.2) is 0 Å². The predicted octanol–water partition coefficient (Wildman–Crippen LogP) is 4.95. The Bertz CT molecular complexity index is 694. The molecule has 2 aromatic carbocycles. The monoisotopic (exact) mass is 238 g/mol. The van der Waals surface area contributed by atoms with Crippen LogP contribution in [0.2, 0.25) is 0 Å². The van der Waals surface area contributed by atoms with E-state index in [4.69, 9.17) is 0 Å². The number of hydrogen-bond donors (Lipinski definition) is 0. The number of rotatable bonds is 0. The van der Waals surface area contributed by atoms with Crippen molar-refractivity contribution in [2.24, 2.45) is 0 Å². The summed E-state index contributed by atoms with van der Waals surface area (Å²) < 4.78 is 13.6. The molecule has 0 nitrogen and oxygen atoms in total. The highest BCUT2D eigenvalue weighted by atomic mass is 19.1. The lowest BCUT2D eigenvalue weighted by Crippen LogP contribution is -1.95. The molecule has 2 aliphatic rings. The molecule has 90 valence electrons. The van der Waals surface area contributed by atoms with Gasteiger partial charge in [0.25, 0.3) is 0 Å². The third-order valence-electron chi connectivity index (χ3n) is 4.47. The summed E-state index contributed by atoms with van der Waals surface area (Å²) in [6.45, 7) is 2.12. The quantitative estimate of drug-likeness (QED) is 0.609. The molecule has 0 N–H and O–H groups in total. The van der Waals surface area contributed by atoms with Crippen LogP contribution in [-0.2, 0) is 0 Å². The molecule has 4 rings (SSSR count). The Morgan fingerprint density at radius 1 is 1.17 bits per heavy atom. The van der Waals surface area contributed by atoms with E-state index in [9.17, 15) is 4.39 Å². The van der Waals surface area contributed by atoms with Gasteiger partial charge in [-0.05, 0) is 65.8 Å². The van der Waals surface area contributed by atoms with E-state index < -0.39 is 0 Å². The van der Waals surface area contributed by atoms with Crippen LogP contribution in [0.4, 0.5) is 4.39 Å². The van der Waals surface area contributed by atoms with Crippen molar-refractivity contribution in [1.82, 2.24) is 0 Å². The molecule has 0 amide bonds. The van der Waals surface area contributed by atoms with E-state index >= 15 is 0 Å². The van der Waals surface area contributed by atoms with E-state index in [1.54, 1.807) is 17.7 Å². The molecular formula is C17H15F. The van der Waals surface area contributed by atoms with Gasteiger partial charge in [-0.25, -0.2) is 4.39 Å². The number of benzene rings is 2. The van der Waals surface area contributed by atoms with Crippen molar-refractivity contribution >= 4 is 16.8 Å². The van der Waals surface area contributed by atoms with Gasteiger partial charge in [0.05, 0.1) is 0 Å². The minimum absolute atomic E-state index is 0.123. The van der Waals surface area contributed by atoms with E-state index in [2.05, 4.69) is 19.1 Å². The summed E-state index contributed by atoms with van der Waals surface area (Å²) in [6, 6.07) is 7.48. The standard InChI is InChI=1S/C17H15F/c1-10-7-12-8-11-3-2-4-15(11)17(12)16-9-13(18)5-6-14(10)16/h5-9,15H,2-4H2,1H3. The minimum atomic E-state index is -0.123. The minimum Gasteiger partial charge on any atom is -0.207 e. The van der Waals surface area contributed by atoms with Gasteiger partial charge in [-0.15, -0.1) is 0 Å². The van der Waals surface area contributed by atoms with Crippen LogP contribution in [0.5, 0.6) is 0 Å². The molecule has 2 aliphatic carbocycles. The molecule has 2 aromatic rings. The van der Waals surface area contributed by atoms with E-state index in [1.165, 1.54) is 41.3 Å². The van der Waals surface area contributed by atoms with E-state index in [1.807, 2.05) is 6.07 Å². The highest BCUT2D eigenvalue weighted by Crippen LogP contribution is 2.49. The summed E-state index contributed by atoms with van der Waals surface area (Å²) in [4.78, 5) is 0. The van der Waals surface area contributed by atoms with Gasteiger partial charge in [-0.3, -0.25) is 0 Å². The summed E-state index contributed by atoms with van der Waals surface area (Å²) in [5.41, 5.74) is 5.51. The van der Waals surface area contributed by atoms with E-state index in [0.29, 0.717) is 5.92 Å². The first-order chi connectivity index (χ1) is 8.74. The van der Waals surface area contributed by atoms with Gasteiger partial charge >= 0.3 is 0 Å². The zero-order chi connectivity index (χ0) is 12.3. The highest BCUT2D eigenvalue weighted by molar-refractivity contribution is 5.94. The number of aryl methyl sites for hydroxylation is 1. The van der Waals surface area contributed by atoms with Crippen molar-refractivity contribution in [2.75, 3.05) is 0 Å². The maximum Gasteiger partial charge on any atom is 0.123 e. The topological polar surface area (TPSA) is 0 Å². The van der Waals surface area contributed by atoms with Gasteiger partial charge in [0.1, 0.15) is 5.82 Å². The Balaban J connectivity index is 2.10. The van der Waals surface area contributed by atoms with E-state index in [0.717, 1.165) is 5.39 Å². The lowest BCUT2D eigenvalue weighted by atomic mass is 9.90. The second-order valence-electron chi connectivity index (χ2n) is 5.55. The van der Waals surface area contributed by atoms with Crippen LogP contribution in [0.1, 0.15) is 41.9 Å². The molecule has 18 heavy (non-hydrogen) atoms. The van der Waals surface area contributed by atoms with Crippen LogP contribution >= 0.6 is 0 Å². The molecule has 0 radical (unpaired) electrons. The van der Waals surface area contributed by atoms with Gasteiger partial charge in [0.2, 0.25) is 0 Å². The SMILES string of the molecule is Cc1cc2c(c3cc(F)ccc13)C1CCCC1=C2. The molecule has 1 atom stereocenters. The van der Waals surface area contributed by atoms with Crippen molar-refractivity contribution in [3.63, 3.8) is 0 Å². The van der Waals surface area contributed by atoms with E-state index in [-0.39, 0.29) is 5.82 Å². The Hall–Kier alpha value is -1.63. The molecule has 0 saturated heterocycles. The lowest BCUT2D eigenvalue weighted by Gasteiger charge is -2.14. The summed E-state index contributed by atoms with van der Waals surface area (Å²) in [5, 5.41) is 2.33. The van der Waals surface area contributed by atoms with Gasteiger partial charge in [-0.2, -0.15) is 0 Å². The normalized spacial score (nSPS) is 21.0. The average Bonchev–Trinajstić information content (AvgIpc) is 2.88. The van der Waals surface area contributed by atoms with Gasteiger partial charge in [0, 0.05) is 5.92 Å². The maximum absolute atomic E-state index is 13.6. The number of halogens is 1. The third kappa shape index (κ3) is 1.25. The fraction of sp³-hybridized carbons (Fsp3) is 0.294. The van der Waals surface area contributed by atoms with Crippen molar-refractivity contribution in [3.8, 4) is 0 Å². The molecule has 0 bridgehead atoms. The maximum atomic E-state index is 13.6. The predicted molar refractivity (Wildman–Crippen MR) is 73.2 cm³/mol. The second kappa shape index (κ2) is 3.44. The van der Waals surface area contributed by atoms with Crippen LogP contribution in [0.3, 0.4) is 0 Å². The van der Waals surface area contributed by atoms with Crippen LogP contribution in [0.25, 0.3) is 16.8 Å². The van der Waals surface area contributed by atoms with Crippen LogP contribution in [0, 0.1) is 12.7 Å². The first-order valence-corrected chi connectivity index (χ1v) is 6.67. The van der Waals surface area contributed by atoms with Crippen LogP contribution < -0.4 is 0 Å². The first-order valence-electron chi connectivity index (χ1n) is 6.67. The number of allylic oxidation sites excluding steroid dienone is 1. The van der Waals surface area contributed by atoms with Crippen molar-refractivity contribution in [1.29, 1.82) is 0 Å². The fourth-order valence-electron chi connectivity index (χ4n) is 3.71. The average molecular weight is 238 g/mol. The van der Waals surface area contributed by atoms with Crippen molar-refractivity contribution < 1.29 is 4.39 Å². The van der Waals surface area contributed by atoms with Gasteiger partial charge in [-0.1, -0.05) is 23.8 Å². The van der Waals surface area contributed by atoms with Crippen LogP contribution in [0.15, 0.2) is 29.8 Å². The van der Waals surface area contributed by atoms with Crippen molar-refractivity contribution in [3.05, 3.63) is 52.3 Å². The van der Waals surface area contributed by atoms with Crippen molar-refractivity contribution in [2.45, 2.75) is 32.1 Å². The first kappa shape index (κ1) is 10.3. The summed E-state index contributed by atoms with van der Waals surface area (Å²) in [6.07, 6.45) is 6.06. The highest BCUT2D eigenvalue weighted by Gasteiger charge is 2.31. The zero-order valence-corrected chi connectivity index (χ0v) is 10.5. The smallest absolute Gasteiger partial charge is 0.123 e. The Morgan fingerprint density at radius 2 is 2.06 bits per heavy atom. The molecule has 0 aromatic heterocycles. The zero-order valence-electron chi connectivity index (χ0n) is 10.5. The molecule has 0 aliphatic heterocycles. The molecule has 1 heteroatoms.